The molecule has 3 aromatic carbocycles. The fourth-order valence-electron chi connectivity index (χ4n) is 3.59. The molecule has 126 valence electrons. The second kappa shape index (κ2) is 6.48. The maximum absolute atomic E-state index is 14.3. The molecule has 0 spiro atoms. The molecule has 3 heteroatoms. The third-order valence-electron chi connectivity index (χ3n) is 5.18. The molecule has 1 aliphatic rings. The molecule has 0 aromatic heterocycles. The lowest BCUT2D eigenvalue weighted by Gasteiger charge is -2.25. The van der Waals surface area contributed by atoms with Crippen LogP contribution >= 0.6 is 18.7 Å². The molecular formula is C22H20ClOP. The van der Waals surface area contributed by atoms with E-state index in [1.165, 1.54) is 5.56 Å². The number of rotatable bonds is 5. The Morgan fingerprint density at radius 1 is 0.760 bits per heavy atom. The van der Waals surface area contributed by atoms with Crippen LogP contribution in [0.1, 0.15) is 18.4 Å². The van der Waals surface area contributed by atoms with Gasteiger partial charge in [-0.25, -0.2) is 0 Å². The van der Waals surface area contributed by atoms with Crippen LogP contribution in [0.15, 0.2) is 84.9 Å². The van der Waals surface area contributed by atoms with Gasteiger partial charge in [0, 0.05) is 27.2 Å². The maximum Gasteiger partial charge on any atom is 0.144 e. The van der Waals surface area contributed by atoms with Crippen molar-refractivity contribution >= 4 is 29.4 Å². The smallest absolute Gasteiger partial charge is 0.144 e. The number of hydrogen-bond acceptors (Lipinski definition) is 1. The van der Waals surface area contributed by atoms with Crippen LogP contribution in [0.4, 0.5) is 0 Å². The fraction of sp³-hybridized carbons (Fsp3) is 0.182. The van der Waals surface area contributed by atoms with Crippen LogP contribution in [0, 0.1) is 0 Å². The van der Waals surface area contributed by atoms with Gasteiger partial charge in [0.25, 0.3) is 0 Å². The van der Waals surface area contributed by atoms with Crippen molar-refractivity contribution in [2.75, 3.05) is 6.16 Å². The number of hydrogen-bond donors (Lipinski definition) is 0. The van der Waals surface area contributed by atoms with Gasteiger partial charge < -0.3 is 4.57 Å². The predicted octanol–water partition coefficient (Wildman–Crippen LogP) is 5.39. The SMILES string of the molecule is O=P(CC1(c2ccc(Cl)cc2)CC1)(c1ccccc1)c1ccccc1. The van der Waals surface area contributed by atoms with Crippen molar-refractivity contribution in [3.63, 3.8) is 0 Å². The van der Waals surface area contributed by atoms with Crippen LogP contribution in [-0.2, 0) is 9.98 Å². The summed E-state index contributed by atoms with van der Waals surface area (Å²) in [6.07, 6.45) is 2.84. The third kappa shape index (κ3) is 3.19. The molecule has 1 saturated carbocycles. The summed E-state index contributed by atoms with van der Waals surface area (Å²) in [7, 11) is -2.69. The molecule has 0 bridgehead atoms. The van der Waals surface area contributed by atoms with E-state index in [1.54, 1.807) is 0 Å². The van der Waals surface area contributed by atoms with Gasteiger partial charge in [-0.1, -0.05) is 84.4 Å². The Morgan fingerprint density at radius 3 is 1.68 bits per heavy atom. The Hall–Kier alpha value is -1.82. The van der Waals surface area contributed by atoms with Gasteiger partial charge >= 0.3 is 0 Å². The molecule has 0 unspecified atom stereocenters. The Bertz CT molecular complexity index is 856. The van der Waals surface area contributed by atoms with Gasteiger partial charge in [0.2, 0.25) is 0 Å². The summed E-state index contributed by atoms with van der Waals surface area (Å²) in [5.41, 5.74) is 1.26. The van der Waals surface area contributed by atoms with Crippen molar-refractivity contribution in [1.82, 2.24) is 0 Å². The summed E-state index contributed by atoms with van der Waals surface area (Å²) in [5.74, 6) is 0. The zero-order chi connectivity index (χ0) is 17.3. The van der Waals surface area contributed by atoms with Crippen LogP contribution in [0.2, 0.25) is 5.02 Å². The first-order valence-electron chi connectivity index (χ1n) is 8.59. The van der Waals surface area contributed by atoms with Gasteiger partial charge in [-0.2, -0.15) is 0 Å². The average Bonchev–Trinajstić information content (AvgIpc) is 3.44. The van der Waals surface area contributed by atoms with Crippen LogP contribution < -0.4 is 10.6 Å². The van der Waals surface area contributed by atoms with Gasteiger partial charge in [0.15, 0.2) is 0 Å². The van der Waals surface area contributed by atoms with Gasteiger partial charge in [0.05, 0.1) is 0 Å². The van der Waals surface area contributed by atoms with Crippen LogP contribution in [-0.4, -0.2) is 6.16 Å². The normalized spacial score (nSPS) is 15.7. The summed E-state index contributed by atoms with van der Waals surface area (Å²) in [6.45, 7) is 0. The van der Waals surface area contributed by atoms with E-state index >= 15 is 0 Å². The van der Waals surface area contributed by atoms with Crippen LogP contribution in [0.5, 0.6) is 0 Å². The van der Waals surface area contributed by atoms with Crippen molar-refractivity contribution in [3.8, 4) is 0 Å². The molecular weight excluding hydrogens is 347 g/mol. The van der Waals surface area contributed by atoms with E-state index in [-0.39, 0.29) is 5.41 Å². The topological polar surface area (TPSA) is 17.1 Å². The lowest BCUT2D eigenvalue weighted by molar-refractivity contribution is 0.581. The Kier molecular flexibility index (Phi) is 4.31. The summed E-state index contributed by atoms with van der Waals surface area (Å²) in [6, 6.07) is 28.0. The zero-order valence-electron chi connectivity index (χ0n) is 13.9. The van der Waals surface area contributed by atoms with E-state index in [0.29, 0.717) is 6.16 Å². The standard InChI is InChI=1S/C22H20ClOP/c23-19-13-11-18(12-14-19)22(15-16-22)17-25(24,20-7-3-1-4-8-20)21-9-5-2-6-10-21/h1-14H,15-17H2. The minimum absolute atomic E-state index is 0.00575. The van der Waals surface area contributed by atoms with Crippen molar-refractivity contribution in [2.24, 2.45) is 0 Å². The predicted molar refractivity (Wildman–Crippen MR) is 107 cm³/mol. The lowest BCUT2D eigenvalue weighted by atomic mass is 9.98. The summed E-state index contributed by atoms with van der Waals surface area (Å²) in [5, 5.41) is 2.64. The Balaban J connectivity index is 1.78. The molecule has 0 saturated heterocycles. The highest BCUT2D eigenvalue weighted by Gasteiger charge is 2.49. The van der Waals surface area contributed by atoms with Crippen molar-refractivity contribution in [3.05, 3.63) is 95.5 Å². The highest BCUT2D eigenvalue weighted by atomic mass is 35.5. The second-order valence-corrected chi connectivity index (χ2v) is 10.1. The Labute approximate surface area is 154 Å². The van der Waals surface area contributed by atoms with Crippen molar-refractivity contribution in [1.29, 1.82) is 0 Å². The summed E-state index contributed by atoms with van der Waals surface area (Å²) in [4.78, 5) is 0. The maximum atomic E-state index is 14.3. The molecule has 1 nitrogen and oxygen atoms in total. The fourth-order valence-corrected chi connectivity index (χ4v) is 7.04. The van der Waals surface area contributed by atoms with Gasteiger partial charge in [-0.05, 0) is 30.5 Å². The third-order valence-corrected chi connectivity index (χ3v) is 8.75. The molecule has 3 aromatic rings. The molecule has 4 rings (SSSR count). The quantitative estimate of drug-likeness (QED) is 0.553. The average molecular weight is 367 g/mol. The van der Waals surface area contributed by atoms with E-state index in [2.05, 4.69) is 12.1 Å². The molecule has 1 fully saturated rings. The first-order valence-corrected chi connectivity index (χ1v) is 10.9. The van der Waals surface area contributed by atoms with Gasteiger partial charge in [-0.3, -0.25) is 0 Å². The first kappa shape index (κ1) is 16.6. The van der Waals surface area contributed by atoms with Crippen LogP contribution in [0.3, 0.4) is 0 Å². The molecule has 0 radical (unpaired) electrons. The molecule has 0 N–H and O–H groups in total. The second-order valence-electron chi connectivity index (χ2n) is 6.86. The number of halogens is 1. The molecule has 0 aliphatic heterocycles. The minimum atomic E-state index is -2.69. The monoisotopic (exact) mass is 366 g/mol. The largest absolute Gasteiger partial charge is 0.314 e. The first-order chi connectivity index (χ1) is 12.1. The van der Waals surface area contributed by atoms with E-state index in [0.717, 1.165) is 28.5 Å². The minimum Gasteiger partial charge on any atom is -0.314 e. The molecule has 25 heavy (non-hydrogen) atoms. The van der Waals surface area contributed by atoms with E-state index in [1.807, 2.05) is 72.8 Å². The molecule has 0 heterocycles. The highest BCUT2D eigenvalue weighted by Crippen LogP contribution is 2.59. The van der Waals surface area contributed by atoms with Gasteiger partial charge in [-0.15, -0.1) is 0 Å². The Morgan fingerprint density at radius 2 is 1.24 bits per heavy atom. The lowest BCUT2D eigenvalue weighted by Crippen LogP contribution is -2.25. The number of benzene rings is 3. The van der Waals surface area contributed by atoms with Crippen LogP contribution in [0.25, 0.3) is 0 Å². The highest BCUT2D eigenvalue weighted by molar-refractivity contribution is 7.78. The van der Waals surface area contributed by atoms with E-state index < -0.39 is 7.14 Å². The van der Waals surface area contributed by atoms with E-state index in [9.17, 15) is 4.57 Å². The molecule has 0 amide bonds. The van der Waals surface area contributed by atoms with Crippen molar-refractivity contribution in [2.45, 2.75) is 18.3 Å². The zero-order valence-corrected chi connectivity index (χ0v) is 15.6. The summed E-state index contributed by atoms with van der Waals surface area (Å²) >= 11 is 6.05. The summed E-state index contributed by atoms with van der Waals surface area (Å²) < 4.78 is 14.3. The molecule has 0 atom stereocenters. The molecule has 1 aliphatic carbocycles. The van der Waals surface area contributed by atoms with E-state index in [4.69, 9.17) is 11.6 Å². The van der Waals surface area contributed by atoms with Crippen molar-refractivity contribution < 1.29 is 4.57 Å². The van der Waals surface area contributed by atoms with Gasteiger partial charge in [0.1, 0.15) is 7.14 Å².